The third-order valence-corrected chi connectivity index (χ3v) is 7.87. The molecule has 0 aliphatic rings. The molecule has 0 aliphatic carbocycles. The number of aliphatic carboxylic acids is 4. The minimum Gasteiger partial charge on any atom is -0.481 e. The molecule has 2 heterocycles. The number of aryl methyl sites for hydroxylation is 2. The van der Waals surface area contributed by atoms with Gasteiger partial charge in [-0.05, 0) is 48.9 Å². The normalized spacial score (nSPS) is 14.2. The second kappa shape index (κ2) is 15.8. The van der Waals surface area contributed by atoms with Gasteiger partial charge in [0.15, 0.2) is 17.0 Å². The minimum atomic E-state index is -3.29. The number of rotatable bonds is 19. The number of hydrogen-bond donors (Lipinski definition) is 10. The van der Waals surface area contributed by atoms with E-state index in [9.17, 15) is 53.7 Å². The lowest BCUT2D eigenvalue weighted by Gasteiger charge is -2.33. The van der Waals surface area contributed by atoms with Crippen LogP contribution in [0.4, 0.5) is 5.95 Å². The maximum atomic E-state index is 13.9. The summed E-state index contributed by atoms with van der Waals surface area (Å²) in [4.78, 5) is 109. The molecule has 19 nitrogen and oxygen atoms in total. The lowest BCUT2D eigenvalue weighted by atomic mass is 9.69. The number of hydrogen-bond acceptors (Lipinski definition) is 12. The summed E-state index contributed by atoms with van der Waals surface area (Å²) in [6.07, 6.45) is -1.73. The van der Waals surface area contributed by atoms with Crippen molar-refractivity contribution in [2.45, 2.75) is 63.1 Å². The number of amides is 1. The van der Waals surface area contributed by atoms with Gasteiger partial charge in [0, 0.05) is 31.0 Å². The highest BCUT2D eigenvalue weighted by molar-refractivity contribution is 6.25. The smallest absolute Gasteiger partial charge is 0.325 e. The molecule has 4 atom stereocenters. The Balaban J connectivity index is 1.89. The quantitative estimate of drug-likeness (QED) is 0.0661. The van der Waals surface area contributed by atoms with Gasteiger partial charge in [-0.15, -0.1) is 0 Å². The summed E-state index contributed by atoms with van der Waals surface area (Å²) in [5.41, 5.74) is 14.8. The number of aromatic amines is 2. The summed E-state index contributed by atoms with van der Waals surface area (Å²) in [6.45, 7) is 0. The van der Waals surface area contributed by atoms with Crippen LogP contribution >= 0.6 is 0 Å². The van der Waals surface area contributed by atoms with Gasteiger partial charge in [-0.3, -0.25) is 43.3 Å². The number of H-pyrrole nitrogens is 2. The summed E-state index contributed by atoms with van der Waals surface area (Å²) in [5.74, 6) is -10.9. The molecule has 0 saturated carbocycles. The number of Topliss-reactive ketones (excluding diaryl/α,β-unsaturated/α-hetero) is 2. The lowest BCUT2D eigenvalue weighted by Crippen LogP contribution is -2.61. The maximum absolute atomic E-state index is 13.9. The molecule has 49 heavy (non-hydrogen) atoms. The van der Waals surface area contributed by atoms with Crippen LogP contribution in [0.5, 0.6) is 0 Å². The Labute approximate surface area is 275 Å². The zero-order chi connectivity index (χ0) is 36.6. The highest BCUT2D eigenvalue weighted by Crippen LogP contribution is 2.32. The van der Waals surface area contributed by atoms with E-state index >= 15 is 0 Å². The fraction of sp³-hybridized carbons (Fsp3) is 0.367. The van der Waals surface area contributed by atoms with Crippen LogP contribution in [-0.4, -0.2) is 94.9 Å². The number of fused-ring (bicyclic) bond motifs is 1. The summed E-state index contributed by atoms with van der Waals surface area (Å²) in [6, 6.07) is -0.0724. The summed E-state index contributed by atoms with van der Waals surface area (Å²) < 4.78 is 0. The van der Waals surface area contributed by atoms with Crippen molar-refractivity contribution in [1.82, 2.24) is 20.3 Å². The number of carboxylic acids is 4. The second-order valence-electron chi connectivity index (χ2n) is 11.3. The van der Waals surface area contributed by atoms with Crippen LogP contribution in [0.25, 0.3) is 11.0 Å². The monoisotopic (exact) mass is 685 g/mol. The van der Waals surface area contributed by atoms with Gasteiger partial charge in [-0.2, -0.15) is 4.98 Å². The molecule has 2 aromatic heterocycles. The van der Waals surface area contributed by atoms with Crippen LogP contribution in [0, 0.1) is 5.41 Å². The molecule has 0 fully saturated rings. The molecule has 0 radical (unpaired) electrons. The number of nitrogen functional groups attached to an aromatic ring is 1. The number of nitrogens with zero attached hydrogens (tertiary/aromatic N) is 1. The first kappa shape index (κ1) is 37.5. The SMILES string of the molecule is Nc1nc2[nH]cc(CCc3ccc(C(=O)N[C@@H](CCC(=O)O)C(=O)C(C[C@H](N)C(=O)O)(C(=O)O)C(=O)[C@@H](N)CCC(=O)O)cc3)c2c(=O)[nH]1. The molecule has 0 spiro atoms. The standard InChI is InChI=1S/C30H35N7O12/c31-16(7-9-19(38)39)22(42)30(28(48)49,11-17(32)27(46)47)23(43)18(8-10-20(40)41)35-25(44)14-4-1-13(2-5-14)3-6-15-12-34-24-21(15)26(45)37-29(33)36-24/h1-2,4-5,12,16-18H,3,6-11,31-32H2,(H,35,44)(H,38,39)(H,40,41)(H,46,47)(H,48,49)(H4,33,34,36,37,45)/t16-,17-,18-,30?/m0/s1. The number of ketones is 2. The van der Waals surface area contributed by atoms with E-state index in [1.165, 1.54) is 12.1 Å². The zero-order valence-corrected chi connectivity index (χ0v) is 25.8. The van der Waals surface area contributed by atoms with Gasteiger partial charge < -0.3 is 47.9 Å². The van der Waals surface area contributed by atoms with Crippen LogP contribution < -0.4 is 28.1 Å². The highest BCUT2D eigenvalue weighted by atomic mass is 16.4. The number of nitrogens with two attached hydrogens (primary N) is 3. The van der Waals surface area contributed by atoms with Crippen LogP contribution in [0.3, 0.4) is 0 Å². The topological polar surface area (TPSA) is 352 Å². The third-order valence-electron chi connectivity index (χ3n) is 7.87. The molecule has 262 valence electrons. The van der Waals surface area contributed by atoms with Gasteiger partial charge in [0.1, 0.15) is 11.7 Å². The van der Waals surface area contributed by atoms with Crippen molar-refractivity contribution in [1.29, 1.82) is 0 Å². The summed E-state index contributed by atoms with van der Waals surface area (Å²) in [5, 5.41) is 40.4. The molecule has 1 unspecified atom stereocenters. The summed E-state index contributed by atoms with van der Waals surface area (Å²) in [7, 11) is 0. The van der Waals surface area contributed by atoms with Gasteiger partial charge in [-0.1, -0.05) is 12.1 Å². The third kappa shape index (κ3) is 8.90. The average molecular weight is 686 g/mol. The van der Waals surface area contributed by atoms with Gasteiger partial charge >= 0.3 is 23.9 Å². The van der Waals surface area contributed by atoms with Gasteiger partial charge in [-0.25, -0.2) is 0 Å². The van der Waals surface area contributed by atoms with Crippen LogP contribution in [0.2, 0.25) is 0 Å². The van der Waals surface area contributed by atoms with E-state index in [0.29, 0.717) is 29.4 Å². The fourth-order valence-corrected chi connectivity index (χ4v) is 5.26. The Morgan fingerprint density at radius 3 is 2.04 bits per heavy atom. The summed E-state index contributed by atoms with van der Waals surface area (Å²) >= 11 is 0. The van der Waals surface area contributed by atoms with Crippen molar-refractivity contribution in [3.63, 3.8) is 0 Å². The second-order valence-corrected chi connectivity index (χ2v) is 11.3. The molecular weight excluding hydrogens is 650 g/mol. The predicted molar refractivity (Wildman–Crippen MR) is 168 cm³/mol. The van der Waals surface area contributed by atoms with E-state index in [-0.39, 0.29) is 11.5 Å². The first-order valence-corrected chi connectivity index (χ1v) is 14.7. The van der Waals surface area contributed by atoms with Crippen molar-refractivity contribution in [3.05, 3.63) is 57.5 Å². The van der Waals surface area contributed by atoms with Crippen molar-refractivity contribution in [3.8, 4) is 0 Å². The largest absolute Gasteiger partial charge is 0.481 e. The maximum Gasteiger partial charge on any atom is 0.325 e. The van der Waals surface area contributed by atoms with Gasteiger partial charge in [0.2, 0.25) is 5.95 Å². The number of anilines is 1. The zero-order valence-electron chi connectivity index (χ0n) is 25.8. The van der Waals surface area contributed by atoms with E-state index in [1.807, 2.05) is 0 Å². The Hall–Kier alpha value is -5.95. The van der Waals surface area contributed by atoms with Crippen molar-refractivity contribution in [2.24, 2.45) is 16.9 Å². The molecule has 0 bridgehead atoms. The molecule has 0 saturated heterocycles. The first-order valence-electron chi connectivity index (χ1n) is 14.7. The highest BCUT2D eigenvalue weighted by Gasteiger charge is 2.57. The van der Waals surface area contributed by atoms with Crippen LogP contribution in [-0.2, 0) is 41.6 Å². The van der Waals surface area contributed by atoms with E-state index < -0.39 is 103 Å². The molecule has 3 aromatic rings. The molecule has 19 heteroatoms. The Bertz CT molecular complexity index is 1830. The van der Waals surface area contributed by atoms with Gasteiger partial charge in [0.05, 0.1) is 17.5 Å². The Morgan fingerprint density at radius 2 is 1.47 bits per heavy atom. The van der Waals surface area contributed by atoms with E-state index in [0.717, 1.165) is 5.56 Å². The lowest BCUT2D eigenvalue weighted by molar-refractivity contribution is -0.162. The Morgan fingerprint density at radius 1 is 0.857 bits per heavy atom. The number of benzene rings is 1. The first-order chi connectivity index (χ1) is 23.0. The van der Waals surface area contributed by atoms with Crippen LogP contribution in [0.15, 0.2) is 35.3 Å². The van der Waals surface area contributed by atoms with Crippen LogP contribution in [0.1, 0.15) is 53.6 Å². The Kier molecular flexibility index (Phi) is 12.1. The molecule has 0 aliphatic heterocycles. The van der Waals surface area contributed by atoms with E-state index in [1.54, 1.807) is 18.3 Å². The van der Waals surface area contributed by atoms with Crippen molar-refractivity contribution in [2.75, 3.05) is 5.73 Å². The molecule has 3 rings (SSSR count). The van der Waals surface area contributed by atoms with Crippen molar-refractivity contribution >= 4 is 58.3 Å². The van der Waals surface area contributed by atoms with Crippen molar-refractivity contribution < 1.29 is 54.0 Å². The number of aromatic nitrogens is 3. The average Bonchev–Trinajstić information content (AvgIpc) is 3.45. The van der Waals surface area contributed by atoms with E-state index in [2.05, 4.69) is 20.3 Å². The number of carbonyl (C=O) groups excluding carboxylic acids is 3. The minimum absolute atomic E-state index is 0.0462. The number of nitrogens with one attached hydrogen (secondary N) is 3. The van der Waals surface area contributed by atoms with Gasteiger partial charge in [0.25, 0.3) is 11.5 Å². The number of carbonyl (C=O) groups is 7. The molecule has 1 aromatic carbocycles. The fourth-order valence-electron chi connectivity index (χ4n) is 5.26. The number of carboxylic acid groups (broad SMARTS) is 4. The van der Waals surface area contributed by atoms with E-state index in [4.69, 9.17) is 22.3 Å². The predicted octanol–water partition coefficient (Wildman–Crippen LogP) is -1.21. The molecular formula is C30H35N7O12. The molecule has 13 N–H and O–H groups in total. The molecule has 1 amide bonds.